The van der Waals surface area contributed by atoms with Crippen LogP contribution in [0.2, 0.25) is 0 Å². The molecule has 2 heteroatoms. The number of hydrogen-bond donors (Lipinski definition) is 0. The van der Waals surface area contributed by atoms with E-state index in [0.29, 0.717) is 5.78 Å². The highest BCUT2D eigenvalue weighted by atomic mass is 19.1. The number of rotatable bonds is 2. The first-order valence-electron chi connectivity index (χ1n) is 5.45. The maximum atomic E-state index is 12.7. The monoisotopic (exact) mass is 206 g/mol. The molecular formula is C13H15FO. The van der Waals surface area contributed by atoms with Gasteiger partial charge in [0.25, 0.3) is 0 Å². The highest BCUT2D eigenvalue weighted by Crippen LogP contribution is 2.29. The number of carbonyl (C=O) groups is 1. The number of ketones is 1. The number of halogens is 1. The van der Waals surface area contributed by atoms with E-state index < -0.39 is 0 Å². The van der Waals surface area contributed by atoms with E-state index in [1.54, 1.807) is 12.1 Å². The van der Waals surface area contributed by atoms with Crippen LogP contribution in [0.4, 0.5) is 4.39 Å². The number of benzene rings is 1. The van der Waals surface area contributed by atoms with Crippen molar-refractivity contribution in [1.29, 1.82) is 0 Å². The van der Waals surface area contributed by atoms with Crippen LogP contribution in [0.5, 0.6) is 0 Å². The standard InChI is InChI=1S/C13H15FO/c1-9-2-5-11(13(9)15)8-10-3-6-12(14)7-4-10/h3-4,6-7,9,11H,2,5,8H2,1H3. The summed E-state index contributed by atoms with van der Waals surface area (Å²) in [5, 5.41) is 0. The van der Waals surface area contributed by atoms with Gasteiger partial charge in [-0.3, -0.25) is 4.79 Å². The molecule has 0 saturated heterocycles. The summed E-state index contributed by atoms with van der Waals surface area (Å²) < 4.78 is 12.7. The molecule has 0 spiro atoms. The molecule has 1 aliphatic carbocycles. The molecule has 1 aromatic carbocycles. The molecule has 0 N–H and O–H groups in total. The van der Waals surface area contributed by atoms with E-state index >= 15 is 0 Å². The lowest BCUT2D eigenvalue weighted by Crippen LogP contribution is -2.14. The molecule has 0 bridgehead atoms. The normalized spacial score (nSPS) is 25.9. The van der Waals surface area contributed by atoms with Crippen LogP contribution >= 0.6 is 0 Å². The first kappa shape index (κ1) is 10.3. The van der Waals surface area contributed by atoms with Gasteiger partial charge in [0.05, 0.1) is 0 Å². The van der Waals surface area contributed by atoms with Crippen LogP contribution in [-0.2, 0) is 11.2 Å². The molecule has 0 radical (unpaired) electrons. The zero-order chi connectivity index (χ0) is 10.8. The molecule has 15 heavy (non-hydrogen) atoms. The van der Waals surface area contributed by atoms with Gasteiger partial charge in [-0.2, -0.15) is 0 Å². The molecule has 1 aromatic rings. The van der Waals surface area contributed by atoms with Gasteiger partial charge in [-0.05, 0) is 37.0 Å². The average Bonchev–Trinajstić information content (AvgIpc) is 2.53. The fraction of sp³-hybridized carbons (Fsp3) is 0.462. The van der Waals surface area contributed by atoms with Gasteiger partial charge in [0.2, 0.25) is 0 Å². The van der Waals surface area contributed by atoms with Crippen molar-refractivity contribution in [2.45, 2.75) is 26.2 Å². The molecule has 0 aromatic heterocycles. The Balaban J connectivity index is 2.03. The van der Waals surface area contributed by atoms with Crippen LogP contribution in [0.25, 0.3) is 0 Å². The largest absolute Gasteiger partial charge is 0.299 e. The summed E-state index contributed by atoms with van der Waals surface area (Å²) in [6, 6.07) is 6.45. The summed E-state index contributed by atoms with van der Waals surface area (Å²) in [7, 11) is 0. The Labute approximate surface area is 89.3 Å². The van der Waals surface area contributed by atoms with Crippen LogP contribution in [0.1, 0.15) is 25.3 Å². The third-order valence-corrected chi connectivity index (χ3v) is 3.23. The SMILES string of the molecule is CC1CCC(Cc2ccc(F)cc2)C1=O. The minimum Gasteiger partial charge on any atom is -0.299 e. The topological polar surface area (TPSA) is 17.1 Å². The van der Waals surface area contributed by atoms with Crippen LogP contribution < -0.4 is 0 Å². The maximum Gasteiger partial charge on any atom is 0.139 e. The lowest BCUT2D eigenvalue weighted by atomic mass is 9.96. The summed E-state index contributed by atoms with van der Waals surface area (Å²) in [4.78, 5) is 11.7. The highest BCUT2D eigenvalue weighted by Gasteiger charge is 2.30. The Hall–Kier alpha value is -1.18. The molecule has 2 atom stereocenters. The van der Waals surface area contributed by atoms with Crippen LogP contribution in [0, 0.1) is 17.7 Å². The van der Waals surface area contributed by atoms with E-state index in [9.17, 15) is 9.18 Å². The summed E-state index contributed by atoms with van der Waals surface area (Å²) in [6.45, 7) is 1.99. The molecule has 0 heterocycles. The molecule has 1 saturated carbocycles. The number of hydrogen-bond acceptors (Lipinski definition) is 1. The molecule has 1 nitrogen and oxygen atoms in total. The van der Waals surface area contributed by atoms with Crippen molar-refractivity contribution in [3.8, 4) is 0 Å². The van der Waals surface area contributed by atoms with Gasteiger partial charge in [-0.1, -0.05) is 19.1 Å². The Bertz CT molecular complexity index is 355. The van der Waals surface area contributed by atoms with Gasteiger partial charge in [0.15, 0.2) is 0 Å². The Morgan fingerprint density at radius 2 is 1.93 bits per heavy atom. The highest BCUT2D eigenvalue weighted by molar-refractivity contribution is 5.85. The van der Waals surface area contributed by atoms with Crippen molar-refractivity contribution in [3.63, 3.8) is 0 Å². The van der Waals surface area contributed by atoms with E-state index in [-0.39, 0.29) is 17.7 Å². The minimum atomic E-state index is -0.218. The molecule has 0 aliphatic heterocycles. The zero-order valence-electron chi connectivity index (χ0n) is 8.87. The molecule has 1 aliphatic rings. The summed E-state index contributed by atoms with van der Waals surface area (Å²) >= 11 is 0. The van der Waals surface area contributed by atoms with Crippen LogP contribution in [0.15, 0.2) is 24.3 Å². The summed E-state index contributed by atoms with van der Waals surface area (Å²) in [5.41, 5.74) is 1.06. The maximum absolute atomic E-state index is 12.7. The van der Waals surface area contributed by atoms with Gasteiger partial charge >= 0.3 is 0 Å². The zero-order valence-corrected chi connectivity index (χ0v) is 8.87. The first-order valence-corrected chi connectivity index (χ1v) is 5.45. The Morgan fingerprint density at radius 3 is 2.47 bits per heavy atom. The van der Waals surface area contributed by atoms with Crippen molar-refractivity contribution in [2.75, 3.05) is 0 Å². The van der Waals surface area contributed by atoms with E-state index in [2.05, 4.69) is 0 Å². The number of Topliss-reactive ketones (excluding diaryl/α,β-unsaturated/α-hetero) is 1. The summed E-state index contributed by atoms with van der Waals surface area (Å²) in [6.07, 6.45) is 2.76. The van der Waals surface area contributed by atoms with Crippen molar-refractivity contribution in [2.24, 2.45) is 11.8 Å². The minimum absolute atomic E-state index is 0.158. The van der Waals surface area contributed by atoms with Gasteiger partial charge in [0.1, 0.15) is 11.6 Å². The Kier molecular flexibility index (Phi) is 2.85. The van der Waals surface area contributed by atoms with Crippen molar-refractivity contribution in [1.82, 2.24) is 0 Å². The predicted molar refractivity (Wildman–Crippen MR) is 57.0 cm³/mol. The van der Waals surface area contributed by atoms with Gasteiger partial charge in [-0.15, -0.1) is 0 Å². The van der Waals surface area contributed by atoms with E-state index in [1.807, 2.05) is 6.92 Å². The quantitative estimate of drug-likeness (QED) is 0.727. The molecular weight excluding hydrogens is 191 g/mol. The second-order valence-electron chi connectivity index (χ2n) is 4.41. The third-order valence-electron chi connectivity index (χ3n) is 3.23. The lowest BCUT2D eigenvalue weighted by Gasteiger charge is -2.08. The first-order chi connectivity index (χ1) is 7.16. The van der Waals surface area contributed by atoms with Crippen molar-refractivity contribution in [3.05, 3.63) is 35.6 Å². The van der Waals surface area contributed by atoms with Gasteiger partial charge in [-0.25, -0.2) is 4.39 Å². The van der Waals surface area contributed by atoms with Crippen LogP contribution in [-0.4, -0.2) is 5.78 Å². The fourth-order valence-electron chi connectivity index (χ4n) is 2.25. The second-order valence-corrected chi connectivity index (χ2v) is 4.41. The van der Waals surface area contributed by atoms with Crippen molar-refractivity contribution >= 4 is 5.78 Å². The molecule has 2 unspecified atom stereocenters. The van der Waals surface area contributed by atoms with E-state index in [1.165, 1.54) is 12.1 Å². The lowest BCUT2D eigenvalue weighted by molar-refractivity contribution is -0.123. The average molecular weight is 206 g/mol. The fourth-order valence-corrected chi connectivity index (χ4v) is 2.25. The summed E-state index contributed by atoms with van der Waals surface area (Å²) in [5.74, 6) is 0.533. The predicted octanol–water partition coefficient (Wildman–Crippen LogP) is 2.98. The Morgan fingerprint density at radius 1 is 1.27 bits per heavy atom. The third kappa shape index (κ3) is 2.25. The van der Waals surface area contributed by atoms with E-state index in [0.717, 1.165) is 24.8 Å². The van der Waals surface area contributed by atoms with E-state index in [4.69, 9.17) is 0 Å². The molecule has 80 valence electrons. The van der Waals surface area contributed by atoms with Crippen LogP contribution in [0.3, 0.4) is 0 Å². The number of carbonyl (C=O) groups excluding carboxylic acids is 1. The van der Waals surface area contributed by atoms with Crippen molar-refractivity contribution < 1.29 is 9.18 Å². The molecule has 1 fully saturated rings. The molecule has 2 rings (SSSR count). The van der Waals surface area contributed by atoms with Gasteiger partial charge < -0.3 is 0 Å². The van der Waals surface area contributed by atoms with Gasteiger partial charge in [0, 0.05) is 11.8 Å². The molecule has 0 amide bonds. The smallest absolute Gasteiger partial charge is 0.139 e. The second kappa shape index (κ2) is 4.13.